The van der Waals surface area contributed by atoms with Crippen molar-refractivity contribution in [2.75, 3.05) is 4.90 Å². The van der Waals surface area contributed by atoms with Crippen LogP contribution in [0.5, 0.6) is 0 Å². The minimum absolute atomic E-state index is 0.867. The van der Waals surface area contributed by atoms with Gasteiger partial charge in [0.15, 0.2) is 5.58 Å². The molecule has 0 amide bonds. The molecule has 0 fully saturated rings. The van der Waals surface area contributed by atoms with E-state index < -0.39 is 0 Å². The first-order valence-electron chi connectivity index (χ1n) is 18.4. The maximum Gasteiger partial charge on any atom is 0.159 e. The highest BCUT2D eigenvalue weighted by atomic mass is 16.3. The van der Waals surface area contributed by atoms with Gasteiger partial charge in [-0.05, 0) is 97.7 Å². The number of anilines is 3. The summed E-state index contributed by atoms with van der Waals surface area (Å²) in [7, 11) is 0. The molecule has 9 aromatic carbocycles. The maximum atomic E-state index is 6.59. The van der Waals surface area contributed by atoms with Gasteiger partial charge in [-0.25, -0.2) is 0 Å². The van der Waals surface area contributed by atoms with Gasteiger partial charge in [0.05, 0.1) is 5.69 Å². The largest absolute Gasteiger partial charge is 0.454 e. The van der Waals surface area contributed by atoms with Gasteiger partial charge in [-0.1, -0.05) is 170 Å². The molecule has 0 saturated carbocycles. The van der Waals surface area contributed by atoms with Crippen LogP contribution in [0, 0.1) is 0 Å². The molecule has 1 aromatic heterocycles. The molecule has 10 rings (SSSR count). The minimum Gasteiger partial charge on any atom is -0.454 e. The van der Waals surface area contributed by atoms with Crippen LogP contribution in [0.1, 0.15) is 0 Å². The van der Waals surface area contributed by atoms with Crippen LogP contribution in [0.4, 0.5) is 17.1 Å². The number of nitrogens with zero attached hydrogens (tertiary/aromatic N) is 1. The van der Waals surface area contributed by atoms with E-state index >= 15 is 0 Å². The Bertz CT molecular complexity index is 2900. The standard InChI is InChI=1S/C52H35NO/c1-2-11-36(12-3-1)37-23-25-38(26-24-37)39-27-31-44(32-28-39)53(50-21-10-20-49-48-18-6-7-22-51(48)54-52(49)50)45-33-29-40(30-34-45)42-15-8-16-43(35-42)47-19-9-14-41-13-4-5-17-46(41)47/h1-35H. The van der Waals surface area contributed by atoms with E-state index in [1.807, 2.05) is 12.1 Å². The zero-order valence-corrected chi connectivity index (χ0v) is 29.6. The van der Waals surface area contributed by atoms with Crippen LogP contribution in [0.15, 0.2) is 217 Å². The number of benzene rings is 9. The second kappa shape index (κ2) is 13.4. The minimum atomic E-state index is 0.867. The molecule has 0 radical (unpaired) electrons. The smallest absolute Gasteiger partial charge is 0.159 e. The third-order valence-electron chi connectivity index (χ3n) is 10.5. The van der Waals surface area contributed by atoms with E-state index in [-0.39, 0.29) is 0 Å². The van der Waals surface area contributed by atoms with Gasteiger partial charge in [-0.3, -0.25) is 0 Å². The zero-order chi connectivity index (χ0) is 35.8. The molecule has 0 aliphatic rings. The third kappa shape index (κ3) is 5.71. The Morgan fingerprint density at radius 2 is 0.796 bits per heavy atom. The highest BCUT2D eigenvalue weighted by Gasteiger charge is 2.19. The van der Waals surface area contributed by atoms with Crippen molar-refractivity contribution in [2.24, 2.45) is 0 Å². The molecule has 0 N–H and O–H groups in total. The van der Waals surface area contributed by atoms with Crippen molar-refractivity contribution in [1.29, 1.82) is 0 Å². The Balaban J connectivity index is 1.04. The number of para-hydroxylation sites is 2. The van der Waals surface area contributed by atoms with Crippen LogP contribution in [0.3, 0.4) is 0 Å². The number of rotatable bonds is 7. The van der Waals surface area contributed by atoms with Crippen molar-refractivity contribution in [1.82, 2.24) is 0 Å². The highest BCUT2D eigenvalue weighted by Crippen LogP contribution is 2.43. The summed E-state index contributed by atoms with van der Waals surface area (Å²) in [5, 5.41) is 4.73. The summed E-state index contributed by atoms with van der Waals surface area (Å²) in [6.45, 7) is 0. The summed E-state index contributed by atoms with van der Waals surface area (Å²) in [4.78, 5) is 2.31. The number of hydrogen-bond acceptors (Lipinski definition) is 2. The molecule has 0 aliphatic heterocycles. The van der Waals surface area contributed by atoms with Gasteiger partial charge in [0.2, 0.25) is 0 Å². The topological polar surface area (TPSA) is 16.4 Å². The monoisotopic (exact) mass is 689 g/mol. The molecule has 254 valence electrons. The molecule has 0 unspecified atom stereocenters. The van der Waals surface area contributed by atoms with Crippen molar-refractivity contribution in [3.63, 3.8) is 0 Å². The molecule has 1 heterocycles. The second-order valence-corrected chi connectivity index (χ2v) is 13.7. The van der Waals surface area contributed by atoms with E-state index in [4.69, 9.17) is 4.42 Å². The van der Waals surface area contributed by atoms with Gasteiger partial charge >= 0.3 is 0 Å². The van der Waals surface area contributed by atoms with Crippen molar-refractivity contribution in [3.05, 3.63) is 212 Å². The number of furan rings is 1. The maximum absolute atomic E-state index is 6.59. The number of fused-ring (bicyclic) bond motifs is 4. The highest BCUT2D eigenvalue weighted by molar-refractivity contribution is 6.10. The molecular formula is C52H35NO. The van der Waals surface area contributed by atoms with Crippen LogP contribution in [-0.2, 0) is 0 Å². The van der Waals surface area contributed by atoms with E-state index in [9.17, 15) is 0 Å². The molecule has 0 spiro atoms. The first kappa shape index (κ1) is 31.6. The SMILES string of the molecule is c1ccc(-c2ccc(-c3ccc(N(c4ccc(-c5cccc(-c6cccc7ccccc67)c5)cc4)c4cccc5c4oc4ccccc45)cc3)cc2)cc1. The predicted octanol–water partition coefficient (Wildman–Crippen LogP) is 14.9. The fraction of sp³-hybridized carbons (Fsp3) is 0. The molecule has 54 heavy (non-hydrogen) atoms. The Morgan fingerprint density at radius 1 is 0.315 bits per heavy atom. The van der Waals surface area contributed by atoms with E-state index in [1.54, 1.807) is 0 Å². The molecule has 2 nitrogen and oxygen atoms in total. The fourth-order valence-electron chi connectivity index (χ4n) is 7.77. The quantitative estimate of drug-likeness (QED) is 0.166. The molecule has 0 atom stereocenters. The van der Waals surface area contributed by atoms with Gasteiger partial charge in [0.25, 0.3) is 0 Å². The van der Waals surface area contributed by atoms with Gasteiger partial charge in [0.1, 0.15) is 5.58 Å². The number of hydrogen-bond donors (Lipinski definition) is 0. The lowest BCUT2D eigenvalue weighted by molar-refractivity contribution is 0.669. The van der Waals surface area contributed by atoms with Crippen LogP contribution >= 0.6 is 0 Å². The van der Waals surface area contributed by atoms with E-state index in [0.29, 0.717) is 0 Å². The lowest BCUT2D eigenvalue weighted by Crippen LogP contribution is -2.10. The lowest BCUT2D eigenvalue weighted by Gasteiger charge is -2.26. The summed E-state index contributed by atoms with van der Waals surface area (Å²) in [6.07, 6.45) is 0. The fourth-order valence-corrected chi connectivity index (χ4v) is 7.77. The predicted molar refractivity (Wildman–Crippen MR) is 228 cm³/mol. The Hall–Kier alpha value is -7.16. The molecule has 2 heteroatoms. The first-order chi connectivity index (χ1) is 26.8. The summed E-state index contributed by atoms with van der Waals surface area (Å²) in [5.74, 6) is 0. The van der Waals surface area contributed by atoms with Gasteiger partial charge < -0.3 is 9.32 Å². The van der Waals surface area contributed by atoms with Crippen molar-refractivity contribution < 1.29 is 4.42 Å². The molecule has 10 aromatic rings. The van der Waals surface area contributed by atoms with Crippen molar-refractivity contribution >= 4 is 49.8 Å². The van der Waals surface area contributed by atoms with Gasteiger partial charge in [0, 0.05) is 22.1 Å². The Labute approximate surface area is 314 Å². The summed E-state index contributed by atoms with van der Waals surface area (Å²) in [5.41, 5.74) is 14.4. The van der Waals surface area contributed by atoms with Crippen LogP contribution < -0.4 is 4.90 Å². The van der Waals surface area contributed by atoms with Gasteiger partial charge in [-0.15, -0.1) is 0 Å². The zero-order valence-electron chi connectivity index (χ0n) is 29.6. The first-order valence-corrected chi connectivity index (χ1v) is 18.4. The van der Waals surface area contributed by atoms with E-state index in [2.05, 4.69) is 205 Å². The van der Waals surface area contributed by atoms with Crippen molar-refractivity contribution in [2.45, 2.75) is 0 Å². The lowest BCUT2D eigenvalue weighted by atomic mass is 9.95. The van der Waals surface area contributed by atoms with Crippen LogP contribution in [0.2, 0.25) is 0 Å². The molecule has 0 aliphatic carbocycles. The molecule has 0 saturated heterocycles. The van der Waals surface area contributed by atoms with E-state index in [0.717, 1.165) is 44.6 Å². The Morgan fingerprint density at radius 3 is 1.52 bits per heavy atom. The average Bonchev–Trinajstić information content (AvgIpc) is 3.64. The van der Waals surface area contributed by atoms with Crippen molar-refractivity contribution in [3.8, 4) is 44.5 Å². The summed E-state index contributed by atoms with van der Waals surface area (Å²) < 4.78 is 6.59. The summed E-state index contributed by atoms with van der Waals surface area (Å²) >= 11 is 0. The molecule has 0 bridgehead atoms. The average molecular weight is 690 g/mol. The summed E-state index contributed by atoms with van der Waals surface area (Å²) in [6, 6.07) is 75.8. The van der Waals surface area contributed by atoms with Crippen LogP contribution in [0.25, 0.3) is 77.2 Å². The Kier molecular flexibility index (Phi) is 7.85. The van der Waals surface area contributed by atoms with E-state index in [1.165, 1.54) is 49.7 Å². The normalized spacial score (nSPS) is 11.3. The van der Waals surface area contributed by atoms with Crippen LogP contribution in [-0.4, -0.2) is 0 Å². The molecular weight excluding hydrogens is 655 g/mol. The second-order valence-electron chi connectivity index (χ2n) is 13.7. The van der Waals surface area contributed by atoms with Gasteiger partial charge in [-0.2, -0.15) is 0 Å². The third-order valence-corrected chi connectivity index (χ3v) is 10.5.